The Hall–Kier alpha value is -1.38. The highest BCUT2D eigenvalue weighted by molar-refractivity contribution is 5.50. The van der Waals surface area contributed by atoms with E-state index >= 15 is 0 Å². The second kappa shape index (κ2) is 5.37. The van der Waals surface area contributed by atoms with Crippen molar-refractivity contribution in [1.29, 1.82) is 0 Å². The first-order valence-corrected chi connectivity index (χ1v) is 4.43. The molecule has 0 saturated carbocycles. The van der Waals surface area contributed by atoms with Crippen LogP contribution in [0, 0.1) is 0 Å². The molecule has 0 aliphatic carbocycles. The Kier molecular flexibility index (Phi) is 4.11. The van der Waals surface area contributed by atoms with Crippen LogP contribution in [0.2, 0.25) is 0 Å². The molecule has 0 spiro atoms. The molecule has 14 heavy (non-hydrogen) atoms. The first-order chi connectivity index (χ1) is 6.72. The van der Waals surface area contributed by atoms with Crippen LogP contribution >= 0.6 is 0 Å². The van der Waals surface area contributed by atoms with Gasteiger partial charge in [0.1, 0.15) is 5.75 Å². The Bertz CT molecular complexity index is 291. The van der Waals surface area contributed by atoms with Gasteiger partial charge in [0.25, 0.3) is 0 Å². The highest BCUT2D eigenvalue weighted by Crippen LogP contribution is 2.15. The van der Waals surface area contributed by atoms with Crippen LogP contribution in [0.15, 0.2) is 30.3 Å². The molecule has 1 rings (SSSR count). The van der Waals surface area contributed by atoms with Gasteiger partial charge in [0.2, 0.25) is 0 Å². The maximum atomic E-state index is 11.8. The van der Waals surface area contributed by atoms with Gasteiger partial charge in [0, 0.05) is 0 Å². The van der Waals surface area contributed by atoms with Crippen molar-refractivity contribution in [2.24, 2.45) is 0 Å². The summed E-state index contributed by atoms with van der Waals surface area (Å²) in [7, 11) is 0. The molecule has 76 valence electrons. The molecular weight excluding hydrogens is 186 g/mol. The fraction of sp³-hybridized carbons (Fsp3) is 0.273. The van der Waals surface area contributed by atoms with E-state index in [0.29, 0.717) is 0 Å². The lowest BCUT2D eigenvalue weighted by molar-refractivity contribution is -0.0498. The monoisotopic (exact) mass is 198 g/mol. The van der Waals surface area contributed by atoms with Gasteiger partial charge >= 0.3 is 6.61 Å². The average molecular weight is 198 g/mol. The maximum absolute atomic E-state index is 11.8. The van der Waals surface area contributed by atoms with E-state index in [9.17, 15) is 8.78 Å². The number of alkyl halides is 2. The van der Waals surface area contributed by atoms with Gasteiger partial charge in [-0.05, 0) is 24.1 Å². The van der Waals surface area contributed by atoms with Crippen molar-refractivity contribution < 1.29 is 13.5 Å². The summed E-state index contributed by atoms with van der Waals surface area (Å²) in [6.07, 6.45) is 4.89. The number of benzene rings is 1. The van der Waals surface area contributed by atoms with Crippen molar-refractivity contribution >= 4 is 6.08 Å². The van der Waals surface area contributed by atoms with Gasteiger partial charge in [0.15, 0.2) is 0 Å². The third-order valence-electron chi connectivity index (χ3n) is 1.65. The molecule has 0 unspecified atom stereocenters. The molecule has 0 radical (unpaired) electrons. The predicted octanol–water partition coefficient (Wildman–Crippen LogP) is 3.71. The topological polar surface area (TPSA) is 9.23 Å². The molecule has 0 amide bonds. The van der Waals surface area contributed by atoms with Crippen LogP contribution < -0.4 is 4.74 Å². The molecule has 0 aromatic heterocycles. The fourth-order valence-electron chi connectivity index (χ4n) is 1.01. The quantitative estimate of drug-likeness (QED) is 0.716. The summed E-state index contributed by atoms with van der Waals surface area (Å²) in [6.45, 7) is -0.725. The molecule has 0 aliphatic heterocycles. The average Bonchev–Trinajstić information content (AvgIpc) is 2.16. The highest BCUT2D eigenvalue weighted by Gasteiger charge is 2.02. The van der Waals surface area contributed by atoms with Crippen molar-refractivity contribution in [3.8, 4) is 5.75 Å². The SMILES string of the molecule is CC/C=C/c1ccc(OC(F)F)cc1. The van der Waals surface area contributed by atoms with Crippen molar-refractivity contribution in [1.82, 2.24) is 0 Å². The Balaban J connectivity index is 2.64. The molecule has 0 atom stereocenters. The standard InChI is InChI=1S/C11H12F2O/c1-2-3-4-9-5-7-10(8-6-9)14-11(12)13/h3-8,11H,2H2,1H3/b4-3+. The summed E-state index contributed by atoms with van der Waals surface area (Å²) >= 11 is 0. The summed E-state index contributed by atoms with van der Waals surface area (Å²) in [4.78, 5) is 0. The third kappa shape index (κ3) is 3.56. The van der Waals surface area contributed by atoms with E-state index in [4.69, 9.17) is 0 Å². The summed E-state index contributed by atoms with van der Waals surface area (Å²) < 4.78 is 27.8. The van der Waals surface area contributed by atoms with Crippen molar-refractivity contribution in [3.05, 3.63) is 35.9 Å². The summed E-state index contributed by atoms with van der Waals surface area (Å²) in [5, 5.41) is 0. The van der Waals surface area contributed by atoms with Crippen molar-refractivity contribution in [3.63, 3.8) is 0 Å². The normalized spacial score (nSPS) is 11.1. The molecule has 0 bridgehead atoms. The molecule has 0 heterocycles. The highest BCUT2D eigenvalue weighted by atomic mass is 19.3. The lowest BCUT2D eigenvalue weighted by atomic mass is 10.2. The summed E-state index contributed by atoms with van der Waals surface area (Å²) in [5.74, 6) is 0.189. The van der Waals surface area contributed by atoms with E-state index in [0.717, 1.165) is 12.0 Å². The van der Waals surface area contributed by atoms with Gasteiger partial charge in [-0.25, -0.2) is 0 Å². The number of hydrogen-bond acceptors (Lipinski definition) is 1. The lowest BCUT2D eigenvalue weighted by Gasteiger charge is -2.03. The molecule has 1 nitrogen and oxygen atoms in total. The number of hydrogen-bond donors (Lipinski definition) is 0. The Morgan fingerprint density at radius 1 is 1.29 bits per heavy atom. The van der Waals surface area contributed by atoms with E-state index in [2.05, 4.69) is 4.74 Å². The molecule has 3 heteroatoms. The minimum absolute atomic E-state index is 0.189. The Labute approximate surface area is 82.0 Å². The molecule has 1 aromatic rings. The second-order valence-corrected chi connectivity index (χ2v) is 2.76. The van der Waals surface area contributed by atoms with Gasteiger partial charge in [-0.3, -0.25) is 0 Å². The first kappa shape index (κ1) is 10.7. The van der Waals surface area contributed by atoms with Crippen molar-refractivity contribution in [2.45, 2.75) is 20.0 Å². The fourth-order valence-corrected chi connectivity index (χ4v) is 1.01. The zero-order valence-electron chi connectivity index (χ0n) is 7.91. The maximum Gasteiger partial charge on any atom is 0.387 e. The molecule has 1 aromatic carbocycles. The number of allylic oxidation sites excluding steroid dienone is 1. The predicted molar refractivity (Wildman–Crippen MR) is 52.4 cm³/mol. The van der Waals surface area contributed by atoms with Crippen LogP contribution in [0.1, 0.15) is 18.9 Å². The number of halogens is 2. The van der Waals surface area contributed by atoms with Gasteiger partial charge < -0.3 is 4.74 Å². The smallest absolute Gasteiger partial charge is 0.387 e. The summed E-state index contributed by atoms with van der Waals surface area (Å²) in [5.41, 5.74) is 0.980. The molecular formula is C11H12F2O. The second-order valence-electron chi connectivity index (χ2n) is 2.76. The van der Waals surface area contributed by atoms with Crippen LogP contribution in [0.3, 0.4) is 0 Å². The van der Waals surface area contributed by atoms with Gasteiger partial charge in [-0.1, -0.05) is 31.2 Å². The van der Waals surface area contributed by atoms with Gasteiger partial charge in [-0.2, -0.15) is 8.78 Å². The zero-order chi connectivity index (χ0) is 10.4. The van der Waals surface area contributed by atoms with Crippen LogP contribution in [0.25, 0.3) is 6.08 Å². The van der Waals surface area contributed by atoms with E-state index in [1.165, 1.54) is 12.1 Å². The van der Waals surface area contributed by atoms with Gasteiger partial charge in [-0.15, -0.1) is 0 Å². The first-order valence-electron chi connectivity index (χ1n) is 4.43. The van der Waals surface area contributed by atoms with E-state index in [1.54, 1.807) is 12.1 Å². The number of rotatable bonds is 4. The van der Waals surface area contributed by atoms with E-state index < -0.39 is 6.61 Å². The van der Waals surface area contributed by atoms with Crippen molar-refractivity contribution in [2.75, 3.05) is 0 Å². The number of ether oxygens (including phenoxy) is 1. The van der Waals surface area contributed by atoms with Crippen LogP contribution in [-0.4, -0.2) is 6.61 Å². The van der Waals surface area contributed by atoms with E-state index in [-0.39, 0.29) is 5.75 Å². The largest absolute Gasteiger partial charge is 0.435 e. The minimum Gasteiger partial charge on any atom is -0.435 e. The van der Waals surface area contributed by atoms with Crippen LogP contribution in [0.5, 0.6) is 5.75 Å². The molecule has 0 fully saturated rings. The molecule has 0 aliphatic rings. The Morgan fingerprint density at radius 3 is 2.43 bits per heavy atom. The van der Waals surface area contributed by atoms with Gasteiger partial charge in [0.05, 0.1) is 0 Å². The molecule has 0 saturated heterocycles. The summed E-state index contributed by atoms with van der Waals surface area (Å²) in [6, 6.07) is 6.54. The lowest BCUT2D eigenvalue weighted by Crippen LogP contribution is -2.01. The van der Waals surface area contributed by atoms with E-state index in [1.807, 2.05) is 19.1 Å². The zero-order valence-corrected chi connectivity index (χ0v) is 7.91. The Morgan fingerprint density at radius 2 is 1.93 bits per heavy atom. The minimum atomic E-state index is -2.76. The third-order valence-corrected chi connectivity index (χ3v) is 1.65. The van der Waals surface area contributed by atoms with Crippen LogP contribution in [0.4, 0.5) is 8.78 Å². The van der Waals surface area contributed by atoms with Crippen LogP contribution in [-0.2, 0) is 0 Å². The molecule has 0 N–H and O–H groups in total.